The molecule has 0 aliphatic carbocycles. The Kier molecular flexibility index (Phi) is 3.87. The number of likely N-dealkylation sites (N-methyl/N-ethyl adjacent to an activating group) is 1. The number of methoxy groups -OCH3 is 1. The van der Waals surface area contributed by atoms with Gasteiger partial charge in [-0.05, 0) is 13.0 Å². The van der Waals surface area contributed by atoms with Crippen molar-refractivity contribution in [1.29, 1.82) is 0 Å². The summed E-state index contributed by atoms with van der Waals surface area (Å²) in [6.07, 6.45) is 0. The predicted molar refractivity (Wildman–Crippen MR) is 61.6 cm³/mol. The van der Waals surface area contributed by atoms with Crippen molar-refractivity contribution in [3.63, 3.8) is 0 Å². The Morgan fingerprint density at radius 1 is 1.50 bits per heavy atom. The molecule has 0 aromatic heterocycles. The van der Waals surface area contributed by atoms with Crippen molar-refractivity contribution in [1.82, 2.24) is 5.01 Å². The van der Waals surface area contributed by atoms with Gasteiger partial charge in [0.15, 0.2) is 0 Å². The minimum Gasteiger partial charge on any atom is -0.496 e. The maximum absolute atomic E-state index is 11.6. The lowest BCUT2D eigenvalue weighted by atomic mass is 10.0. The van der Waals surface area contributed by atoms with Gasteiger partial charge >= 0.3 is 0 Å². The van der Waals surface area contributed by atoms with E-state index in [-0.39, 0.29) is 5.91 Å². The number of hydrazine groups is 1. The molecule has 5 nitrogen and oxygen atoms in total. The molecular weight excluding hydrogens is 206 g/mol. The van der Waals surface area contributed by atoms with Crippen LogP contribution in [-0.2, 0) is 4.79 Å². The van der Waals surface area contributed by atoms with Crippen LogP contribution >= 0.6 is 0 Å². The number of rotatable bonds is 3. The summed E-state index contributed by atoms with van der Waals surface area (Å²) >= 11 is 0. The maximum Gasteiger partial charge on any atom is 0.257 e. The van der Waals surface area contributed by atoms with Gasteiger partial charge in [-0.15, -0.1) is 0 Å². The SMILES string of the molecule is COc1ccc(C)cc1C(N)C(=O)N(C)N. The molecule has 0 radical (unpaired) electrons. The lowest BCUT2D eigenvalue weighted by Gasteiger charge is -2.19. The normalized spacial score (nSPS) is 12.1. The van der Waals surface area contributed by atoms with Gasteiger partial charge in [0.25, 0.3) is 5.91 Å². The fourth-order valence-corrected chi connectivity index (χ4v) is 1.45. The second kappa shape index (κ2) is 4.96. The molecule has 1 amide bonds. The molecule has 0 aliphatic rings. The van der Waals surface area contributed by atoms with Crippen LogP contribution in [0.5, 0.6) is 5.75 Å². The number of aryl methyl sites for hydroxylation is 1. The van der Waals surface area contributed by atoms with E-state index in [1.165, 1.54) is 14.2 Å². The summed E-state index contributed by atoms with van der Waals surface area (Å²) in [5, 5.41) is 0.979. The Bertz CT molecular complexity index is 391. The van der Waals surface area contributed by atoms with Gasteiger partial charge in [-0.3, -0.25) is 9.80 Å². The van der Waals surface area contributed by atoms with E-state index in [4.69, 9.17) is 16.3 Å². The molecule has 16 heavy (non-hydrogen) atoms. The molecule has 1 aromatic carbocycles. The van der Waals surface area contributed by atoms with Crippen LogP contribution in [0, 0.1) is 6.92 Å². The predicted octanol–water partition coefficient (Wildman–Crippen LogP) is 0.336. The second-order valence-corrected chi connectivity index (χ2v) is 3.67. The number of ether oxygens (including phenoxy) is 1. The smallest absolute Gasteiger partial charge is 0.257 e. The quantitative estimate of drug-likeness (QED) is 0.439. The van der Waals surface area contributed by atoms with Crippen LogP contribution in [0.4, 0.5) is 0 Å². The summed E-state index contributed by atoms with van der Waals surface area (Å²) in [6, 6.07) is 4.70. The lowest BCUT2D eigenvalue weighted by Crippen LogP contribution is -2.40. The summed E-state index contributed by atoms with van der Waals surface area (Å²) in [5.41, 5.74) is 7.49. The summed E-state index contributed by atoms with van der Waals surface area (Å²) in [7, 11) is 3.00. The van der Waals surface area contributed by atoms with E-state index in [0.717, 1.165) is 10.6 Å². The molecule has 0 fully saturated rings. The largest absolute Gasteiger partial charge is 0.496 e. The molecule has 1 aromatic rings. The number of carbonyl (C=O) groups is 1. The molecule has 1 rings (SSSR count). The molecule has 0 saturated carbocycles. The molecule has 1 unspecified atom stereocenters. The van der Waals surface area contributed by atoms with E-state index in [1.807, 2.05) is 19.1 Å². The minimum absolute atomic E-state index is 0.357. The third kappa shape index (κ3) is 2.50. The van der Waals surface area contributed by atoms with Crippen molar-refractivity contribution in [2.45, 2.75) is 13.0 Å². The van der Waals surface area contributed by atoms with Crippen LogP contribution in [0.3, 0.4) is 0 Å². The Hall–Kier alpha value is -1.59. The van der Waals surface area contributed by atoms with E-state index in [9.17, 15) is 4.79 Å². The van der Waals surface area contributed by atoms with E-state index >= 15 is 0 Å². The highest BCUT2D eigenvalue weighted by atomic mass is 16.5. The average Bonchev–Trinajstić information content (AvgIpc) is 2.26. The van der Waals surface area contributed by atoms with Crippen molar-refractivity contribution >= 4 is 5.91 Å². The summed E-state index contributed by atoms with van der Waals surface area (Å²) in [6.45, 7) is 1.92. The third-order valence-electron chi connectivity index (χ3n) is 2.33. The third-order valence-corrected chi connectivity index (χ3v) is 2.33. The van der Waals surface area contributed by atoms with E-state index in [0.29, 0.717) is 11.3 Å². The molecule has 0 saturated heterocycles. The zero-order chi connectivity index (χ0) is 12.3. The monoisotopic (exact) mass is 223 g/mol. The first-order chi connectivity index (χ1) is 7.47. The van der Waals surface area contributed by atoms with Crippen LogP contribution in [-0.4, -0.2) is 25.1 Å². The number of hydrogen-bond acceptors (Lipinski definition) is 4. The zero-order valence-electron chi connectivity index (χ0n) is 9.73. The highest BCUT2D eigenvalue weighted by molar-refractivity contribution is 5.83. The molecule has 0 aliphatic heterocycles. The van der Waals surface area contributed by atoms with Gasteiger partial charge in [-0.2, -0.15) is 0 Å². The Labute approximate surface area is 94.9 Å². The van der Waals surface area contributed by atoms with E-state index < -0.39 is 6.04 Å². The Morgan fingerprint density at radius 2 is 2.12 bits per heavy atom. The first-order valence-corrected chi connectivity index (χ1v) is 4.89. The highest BCUT2D eigenvalue weighted by Crippen LogP contribution is 2.25. The molecule has 88 valence electrons. The summed E-state index contributed by atoms with van der Waals surface area (Å²) in [4.78, 5) is 11.6. The molecule has 4 N–H and O–H groups in total. The number of hydrogen-bond donors (Lipinski definition) is 2. The van der Waals surface area contributed by atoms with Gasteiger partial charge in [0.05, 0.1) is 7.11 Å². The highest BCUT2D eigenvalue weighted by Gasteiger charge is 2.21. The standard InChI is InChI=1S/C11H17N3O2/c1-7-4-5-9(16-3)8(6-7)10(12)11(15)14(2)13/h4-6,10H,12-13H2,1-3H3. The van der Waals surface area contributed by atoms with Crippen molar-refractivity contribution in [3.05, 3.63) is 29.3 Å². The van der Waals surface area contributed by atoms with Crippen molar-refractivity contribution < 1.29 is 9.53 Å². The molecule has 0 bridgehead atoms. The van der Waals surface area contributed by atoms with Gasteiger partial charge in [-0.1, -0.05) is 17.7 Å². The molecule has 5 heteroatoms. The van der Waals surface area contributed by atoms with Crippen molar-refractivity contribution in [2.24, 2.45) is 11.6 Å². The van der Waals surface area contributed by atoms with Gasteiger partial charge in [0.1, 0.15) is 11.8 Å². The maximum atomic E-state index is 11.6. The first-order valence-electron chi connectivity index (χ1n) is 4.89. The summed E-state index contributed by atoms with van der Waals surface area (Å²) in [5.74, 6) is 5.60. The van der Waals surface area contributed by atoms with Crippen molar-refractivity contribution in [3.8, 4) is 5.75 Å². The van der Waals surface area contributed by atoms with Gasteiger partial charge in [0.2, 0.25) is 0 Å². The molecule has 1 atom stereocenters. The fourth-order valence-electron chi connectivity index (χ4n) is 1.45. The van der Waals surface area contributed by atoms with Crippen LogP contribution in [0.2, 0.25) is 0 Å². The van der Waals surface area contributed by atoms with Crippen LogP contribution < -0.4 is 16.3 Å². The average molecular weight is 223 g/mol. The second-order valence-electron chi connectivity index (χ2n) is 3.67. The zero-order valence-corrected chi connectivity index (χ0v) is 9.73. The van der Waals surface area contributed by atoms with E-state index in [1.54, 1.807) is 6.07 Å². The van der Waals surface area contributed by atoms with Crippen LogP contribution in [0.15, 0.2) is 18.2 Å². The fraction of sp³-hybridized carbons (Fsp3) is 0.364. The minimum atomic E-state index is -0.801. The number of nitrogens with two attached hydrogens (primary N) is 2. The summed E-state index contributed by atoms with van der Waals surface area (Å²) < 4.78 is 5.16. The van der Waals surface area contributed by atoms with Crippen LogP contribution in [0.25, 0.3) is 0 Å². The molecule has 0 heterocycles. The Morgan fingerprint density at radius 3 is 2.62 bits per heavy atom. The van der Waals surface area contributed by atoms with Crippen LogP contribution in [0.1, 0.15) is 17.2 Å². The topological polar surface area (TPSA) is 81.6 Å². The number of carbonyl (C=O) groups excluding carboxylic acids is 1. The number of nitrogens with zero attached hydrogens (tertiary/aromatic N) is 1. The number of amides is 1. The first kappa shape index (κ1) is 12.5. The molecular formula is C11H17N3O2. The number of benzene rings is 1. The molecule has 0 spiro atoms. The lowest BCUT2D eigenvalue weighted by molar-refractivity contribution is -0.131. The van der Waals surface area contributed by atoms with E-state index in [2.05, 4.69) is 0 Å². The Balaban J connectivity index is 3.11. The van der Waals surface area contributed by atoms with Gasteiger partial charge in [0, 0.05) is 12.6 Å². The van der Waals surface area contributed by atoms with Gasteiger partial charge in [-0.25, -0.2) is 5.84 Å². The van der Waals surface area contributed by atoms with Crippen molar-refractivity contribution in [2.75, 3.05) is 14.2 Å². The van der Waals surface area contributed by atoms with Gasteiger partial charge < -0.3 is 10.5 Å².